The molecule has 0 aromatic rings. The van der Waals surface area contributed by atoms with Crippen LogP contribution in [0.25, 0.3) is 0 Å². The second-order valence-electron chi connectivity index (χ2n) is 18.5. The minimum Gasteiger partial charge on any atom is -0.394 e. The third kappa shape index (κ3) is 46.1. The Labute approximate surface area is 374 Å². The second-order valence-corrected chi connectivity index (χ2v) is 18.5. The van der Waals surface area contributed by atoms with Gasteiger partial charge < -0.3 is 20.6 Å². The van der Waals surface area contributed by atoms with Crippen LogP contribution in [0, 0.1) is 0 Å². The standard InChI is InChI=1S/C55H105NO4/c1-3-5-7-9-11-13-15-17-19-21-23-25-27-28-30-32-34-36-38-40-42-44-46-48-52(58)50-55(60)56-53(51-57)54(59)49-47-45-43-41-39-37-35-33-31-29-26-24-22-20-18-16-14-12-10-8-6-4-2/h31,33,39,41,47,49,52-54,57-59H,3-30,32,34-38,40,42-46,48,50-51H2,1-2H3,(H,56,60)/b33-31+,41-39+,49-47+. The highest BCUT2D eigenvalue weighted by Crippen LogP contribution is 2.17. The van der Waals surface area contributed by atoms with Crippen molar-refractivity contribution in [1.82, 2.24) is 5.32 Å². The van der Waals surface area contributed by atoms with Gasteiger partial charge in [-0.2, -0.15) is 0 Å². The third-order valence-corrected chi connectivity index (χ3v) is 12.4. The molecule has 0 heterocycles. The zero-order valence-corrected chi connectivity index (χ0v) is 40.4. The maximum atomic E-state index is 12.5. The number of amides is 1. The molecule has 5 heteroatoms. The van der Waals surface area contributed by atoms with E-state index >= 15 is 0 Å². The van der Waals surface area contributed by atoms with Crippen molar-refractivity contribution in [2.75, 3.05) is 6.61 Å². The highest BCUT2D eigenvalue weighted by molar-refractivity contribution is 5.76. The lowest BCUT2D eigenvalue weighted by Gasteiger charge is -2.21. The van der Waals surface area contributed by atoms with E-state index in [1.165, 1.54) is 218 Å². The monoisotopic (exact) mass is 844 g/mol. The van der Waals surface area contributed by atoms with Crippen LogP contribution in [0.3, 0.4) is 0 Å². The molecular formula is C55H105NO4. The molecule has 0 aromatic heterocycles. The van der Waals surface area contributed by atoms with E-state index in [1.54, 1.807) is 6.08 Å². The minimum absolute atomic E-state index is 0.00558. The zero-order valence-electron chi connectivity index (χ0n) is 40.4. The summed E-state index contributed by atoms with van der Waals surface area (Å²) in [5.74, 6) is -0.325. The minimum atomic E-state index is -0.959. The van der Waals surface area contributed by atoms with E-state index in [0.717, 1.165) is 38.5 Å². The maximum Gasteiger partial charge on any atom is 0.222 e. The number of hydrogen-bond donors (Lipinski definition) is 4. The molecule has 3 atom stereocenters. The molecule has 354 valence electrons. The van der Waals surface area contributed by atoms with Crippen LogP contribution < -0.4 is 5.32 Å². The van der Waals surface area contributed by atoms with Crippen LogP contribution >= 0.6 is 0 Å². The molecule has 5 nitrogen and oxygen atoms in total. The Hall–Kier alpha value is -1.43. The number of hydrogen-bond acceptors (Lipinski definition) is 4. The average molecular weight is 844 g/mol. The Morgan fingerprint density at radius 3 is 1.07 bits per heavy atom. The zero-order chi connectivity index (χ0) is 43.7. The lowest BCUT2D eigenvalue weighted by molar-refractivity contribution is -0.124. The molecule has 0 aliphatic heterocycles. The van der Waals surface area contributed by atoms with Gasteiger partial charge in [-0.05, 0) is 44.9 Å². The summed E-state index contributed by atoms with van der Waals surface area (Å²) in [5, 5.41) is 33.4. The smallest absolute Gasteiger partial charge is 0.222 e. The molecular weight excluding hydrogens is 739 g/mol. The van der Waals surface area contributed by atoms with E-state index in [9.17, 15) is 20.1 Å². The fraction of sp³-hybridized carbons (Fsp3) is 0.873. The summed E-state index contributed by atoms with van der Waals surface area (Å²) in [4.78, 5) is 12.5. The Morgan fingerprint density at radius 1 is 0.417 bits per heavy atom. The van der Waals surface area contributed by atoms with Crippen molar-refractivity contribution in [3.63, 3.8) is 0 Å². The fourth-order valence-corrected chi connectivity index (χ4v) is 8.32. The highest BCUT2D eigenvalue weighted by Gasteiger charge is 2.20. The summed E-state index contributed by atoms with van der Waals surface area (Å²) in [6.07, 6.45) is 64.7. The van der Waals surface area contributed by atoms with Crippen molar-refractivity contribution in [2.24, 2.45) is 0 Å². The quantitative estimate of drug-likeness (QED) is 0.0363. The second kappa shape index (κ2) is 50.2. The van der Waals surface area contributed by atoms with Gasteiger partial charge in [-0.15, -0.1) is 0 Å². The van der Waals surface area contributed by atoms with Gasteiger partial charge in [0, 0.05) is 0 Å². The van der Waals surface area contributed by atoms with E-state index in [4.69, 9.17) is 0 Å². The first-order valence-corrected chi connectivity index (χ1v) is 26.8. The molecule has 0 aliphatic carbocycles. The number of carbonyl (C=O) groups is 1. The van der Waals surface area contributed by atoms with Gasteiger partial charge in [0.1, 0.15) is 0 Å². The van der Waals surface area contributed by atoms with E-state index in [1.807, 2.05) is 6.08 Å². The van der Waals surface area contributed by atoms with Crippen LogP contribution in [0.5, 0.6) is 0 Å². The fourth-order valence-electron chi connectivity index (χ4n) is 8.32. The molecule has 0 saturated carbocycles. The van der Waals surface area contributed by atoms with Crippen LogP contribution in [-0.2, 0) is 4.79 Å². The van der Waals surface area contributed by atoms with Gasteiger partial charge in [-0.1, -0.05) is 269 Å². The Kier molecular flexibility index (Phi) is 49.0. The molecule has 0 spiro atoms. The van der Waals surface area contributed by atoms with Crippen molar-refractivity contribution in [2.45, 2.75) is 302 Å². The first kappa shape index (κ1) is 58.6. The Balaban J connectivity index is 3.63. The molecule has 0 bridgehead atoms. The van der Waals surface area contributed by atoms with Crippen molar-refractivity contribution < 1.29 is 20.1 Å². The van der Waals surface area contributed by atoms with Crippen molar-refractivity contribution in [3.8, 4) is 0 Å². The number of carbonyl (C=O) groups excluding carboxylic acids is 1. The molecule has 0 rings (SSSR count). The predicted octanol–water partition coefficient (Wildman–Crippen LogP) is 16.3. The molecule has 1 amide bonds. The molecule has 0 fully saturated rings. The summed E-state index contributed by atoms with van der Waals surface area (Å²) in [6.45, 7) is 4.23. The van der Waals surface area contributed by atoms with Gasteiger partial charge in [0.2, 0.25) is 5.91 Å². The third-order valence-electron chi connectivity index (χ3n) is 12.4. The van der Waals surface area contributed by atoms with Crippen LogP contribution in [0.4, 0.5) is 0 Å². The number of nitrogens with one attached hydrogen (secondary N) is 1. The van der Waals surface area contributed by atoms with E-state index in [2.05, 4.69) is 43.5 Å². The first-order valence-electron chi connectivity index (χ1n) is 26.8. The molecule has 3 unspecified atom stereocenters. The van der Waals surface area contributed by atoms with Crippen LogP contribution in [0.15, 0.2) is 36.5 Å². The van der Waals surface area contributed by atoms with E-state index < -0.39 is 18.2 Å². The Bertz CT molecular complexity index is 931. The molecule has 4 N–H and O–H groups in total. The Morgan fingerprint density at radius 2 is 0.717 bits per heavy atom. The molecule has 0 radical (unpaired) electrons. The van der Waals surface area contributed by atoms with Gasteiger partial charge in [0.05, 0.1) is 31.3 Å². The van der Waals surface area contributed by atoms with E-state index in [0.29, 0.717) is 6.42 Å². The van der Waals surface area contributed by atoms with Crippen molar-refractivity contribution in [1.29, 1.82) is 0 Å². The normalized spacial score (nSPS) is 13.6. The van der Waals surface area contributed by atoms with Gasteiger partial charge >= 0.3 is 0 Å². The maximum absolute atomic E-state index is 12.5. The summed E-state index contributed by atoms with van der Waals surface area (Å²) in [6, 6.07) is -0.766. The summed E-state index contributed by atoms with van der Waals surface area (Å²) in [5.41, 5.74) is 0. The SMILES string of the molecule is CCCCCCCCCCCCCC/C=C/CC/C=C/CC/C=C/C(O)C(CO)NC(=O)CC(O)CCCCCCCCCCCCCCCCCCCCCCCCC. The summed E-state index contributed by atoms with van der Waals surface area (Å²) in [7, 11) is 0. The molecule has 60 heavy (non-hydrogen) atoms. The highest BCUT2D eigenvalue weighted by atomic mass is 16.3. The van der Waals surface area contributed by atoms with Crippen molar-refractivity contribution >= 4 is 5.91 Å². The van der Waals surface area contributed by atoms with Crippen LogP contribution in [-0.4, -0.2) is 46.1 Å². The van der Waals surface area contributed by atoms with E-state index in [-0.39, 0.29) is 18.9 Å². The lowest BCUT2D eigenvalue weighted by Crippen LogP contribution is -2.45. The molecule has 0 aromatic carbocycles. The number of aliphatic hydroxyl groups is 3. The molecule has 0 saturated heterocycles. The van der Waals surface area contributed by atoms with Crippen molar-refractivity contribution in [3.05, 3.63) is 36.5 Å². The topological polar surface area (TPSA) is 89.8 Å². The summed E-state index contributed by atoms with van der Waals surface area (Å²) >= 11 is 0. The van der Waals surface area contributed by atoms with Gasteiger partial charge in [-0.3, -0.25) is 4.79 Å². The number of aliphatic hydroxyl groups excluding tert-OH is 3. The molecule has 0 aliphatic rings. The predicted molar refractivity (Wildman–Crippen MR) is 264 cm³/mol. The number of allylic oxidation sites excluding steroid dienone is 5. The summed E-state index contributed by atoms with van der Waals surface area (Å²) < 4.78 is 0. The van der Waals surface area contributed by atoms with Gasteiger partial charge in [0.25, 0.3) is 0 Å². The van der Waals surface area contributed by atoms with Crippen LogP contribution in [0.1, 0.15) is 284 Å². The lowest BCUT2D eigenvalue weighted by atomic mass is 10.0. The first-order chi connectivity index (χ1) is 29.5. The van der Waals surface area contributed by atoms with Gasteiger partial charge in [-0.25, -0.2) is 0 Å². The van der Waals surface area contributed by atoms with Crippen LogP contribution in [0.2, 0.25) is 0 Å². The van der Waals surface area contributed by atoms with Gasteiger partial charge in [0.15, 0.2) is 0 Å². The largest absolute Gasteiger partial charge is 0.394 e. The number of unbranched alkanes of at least 4 members (excludes halogenated alkanes) is 36. The number of rotatable bonds is 49. The average Bonchev–Trinajstić information content (AvgIpc) is 3.24.